The van der Waals surface area contributed by atoms with Gasteiger partial charge in [0.25, 0.3) is 0 Å². The molecule has 4 heteroatoms. The summed E-state index contributed by atoms with van der Waals surface area (Å²) in [6, 6.07) is 0. The van der Waals surface area contributed by atoms with Gasteiger partial charge in [0, 0.05) is 12.5 Å². The van der Waals surface area contributed by atoms with Crippen molar-refractivity contribution in [1.29, 1.82) is 0 Å². The molecular formula is C12H21NO3. The third kappa shape index (κ3) is 2.38. The van der Waals surface area contributed by atoms with Crippen LogP contribution in [0, 0.1) is 17.8 Å². The van der Waals surface area contributed by atoms with E-state index in [1.807, 2.05) is 0 Å². The Labute approximate surface area is 96.0 Å². The first-order valence-electron chi connectivity index (χ1n) is 6.13. The minimum atomic E-state index is -1.20. The molecular weight excluding hydrogens is 206 g/mol. The van der Waals surface area contributed by atoms with Gasteiger partial charge >= 0.3 is 0 Å². The second-order valence-corrected chi connectivity index (χ2v) is 5.65. The van der Waals surface area contributed by atoms with E-state index in [0.29, 0.717) is 5.92 Å². The first-order valence-corrected chi connectivity index (χ1v) is 6.13. The fourth-order valence-corrected chi connectivity index (χ4v) is 3.03. The Morgan fingerprint density at radius 3 is 2.69 bits per heavy atom. The van der Waals surface area contributed by atoms with Crippen LogP contribution in [0.5, 0.6) is 0 Å². The second-order valence-electron chi connectivity index (χ2n) is 5.65. The maximum Gasteiger partial charge on any atom is 0.223 e. The maximum absolute atomic E-state index is 11.9. The number of fused-ring (bicyclic) bond motifs is 2. The predicted octanol–water partition coefficient (Wildman–Crippen LogP) is 0.282. The van der Waals surface area contributed by atoms with E-state index in [2.05, 4.69) is 5.32 Å². The molecule has 3 N–H and O–H groups in total. The van der Waals surface area contributed by atoms with E-state index < -0.39 is 5.60 Å². The summed E-state index contributed by atoms with van der Waals surface area (Å²) in [6.45, 7) is 1.33. The van der Waals surface area contributed by atoms with Crippen LogP contribution in [0.15, 0.2) is 0 Å². The average Bonchev–Trinajstić information content (AvgIpc) is 2.87. The van der Waals surface area contributed by atoms with E-state index in [0.717, 1.165) is 12.3 Å². The van der Waals surface area contributed by atoms with Crippen LogP contribution >= 0.6 is 0 Å². The maximum atomic E-state index is 11.9. The molecule has 0 radical (unpaired) electrons. The molecule has 0 saturated heterocycles. The molecule has 0 aliphatic heterocycles. The average molecular weight is 227 g/mol. The normalized spacial score (nSPS) is 36.1. The van der Waals surface area contributed by atoms with Crippen LogP contribution in [0.3, 0.4) is 0 Å². The first-order chi connectivity index (χ1) is 7.52. The number of nitrogens with one attached hydrogen (secondary N) is 1. The monoisotopic (exact) mass is 227 g/mol. The van der Waals surface area contributed by atoms with Gasteiger partial charge in [-0.1, -0.05) is 6.42 Å². The van der Waals surface area contributed by atoms with Gasteiger partial charge in [-0.3, -0.25) is 4.79 Å². The Kier molecular flexibility index (Phi) is 3.22. The Hall–Kier alpha value is -0.610. The van der Waals surface area contributed by atoms with Crippen LogP contribution < -0.4 is 5.32 Å². The van der Waals surface area contributed by atoms with Gasteiger partial charge < -0.3 is 15.5 Å². The lowest BCUT2D eigenvalue weighted by atomic mass is 9.88. The van der Waals surface area contributed by atoms with Crippen molar-refractivity contribution in [3.8, 4) is 0 Å². The summed E-state index contributed by atoms with van der Waals surface area (Å²) in [5.41, 5.74) is -1.20. The SMILES string of the molecule is CC(O)(CO)CNC(=O)C1CC2CCC1C2. The lowest BCUT2D eigenvalue weighted by Gasteiger charge is -2.25. The highest BCUT2D eigenvalue weighted by molar-refractivity contribution is 5.79. The van der Waals surface area contributed by atoms with E-state index >= 15 is 0 Å². The summed E-state index contributed by atoms with van der Waals surface area (Å²) >= 11 is 0. The van der Waals surface area contributed by atoms with Gasteiger partial charge in [-0.05, 0) is 38.0 Å². The lowest BCUT2D eigenvalue weighted by molar-refractivity contribution is -0.128. The predicted molar refractivity (Wildman–Crippen MR) is 59.7 cm³/mol. The van der Waals surface area contributed by atoms with Gasteiger partial charge in [0.1, 0.15) is 5.60 Å². The summed E-state index contributed by atoms with van der Waals surface area (Å²) in [5.74, 6) is 1.51. The first kappa shape index (κ1) is 11.9. The zero-order valence-electron chi connectivity index (χ0n) is 9.78. The molecule has 92 valence electrons. The van der Waals surface area contributed by atoms with Crippen LogP contribution in [-0.4, -0.2) is 34.9 Å². The van der Waals surface area contributed by atoms with Crippen molar-refractivity contribution >= 4 is 5.91 Å². The number of aliphatic hydroxyl groups is 2. The molecule has 0 aromatic heterocycles. The minimum Gasteiger partial charge on any atom is -0.393 e. The van der Waals surface area contributed by atoms with Crippen molar-refractivity contribution in [3.05, 3.63) is 0 Å². The molecule has 16 heavy (non-hydrogen) atoms. The number of amides is 1. The summed E-state index contributed by atoms with van der Waals surface area (Å²) < 4.78 is 0. The number of carbonyl (C=O) groups excluding carboxylic acids is 1. The third-order valence-corrected chi connectivity index (χ3v) is 4.06. The molecule has 2 rings (SSSR count). The van der Waals surface area contributed by atoms with Crippen molar-refractivity contribution in [1.82, 2.24) is 5.32 Å². The molecule has 4 atom stereocenters. The highest BCUT2D eigenvalue weighted by atomic mass is 16.3. The number of rotatable bonds is 4. The van der Waals surface area contributed by atoms with E-state index in [9.17, 15) is 9.90 Å². The van der Waals surface area contributed by atoms with Crippen LogP contribution in [0.1, 0.15) is 32.6 Å². The van der Waals surface area contributed by atoms with Crippen molar-refractivity contribution in [2.75, 3.05) is 13.2 Å². The molecule has 0 heterocycles. The fraction of sp³-hybridized carbons (Fsp3) is 0.917. The van der Waals surface area contributed by atoms with Gasteiger partial charge in [-0.15, -0.1) is 0 Å². The van der Waals surface area contributed by atoms with E-state index in [1.54, 1.807) is 0 Å². The Morgan fingerprint density at radius 1 is 1.44 bits per heavy atom. The number of carbonyl (C=O) groups is 1. The summed E-state index contributed by atoms with van der Waals surface area (Å²) in [6.07, 6.45) is 4.67. The van der Waals surface area contributed by atoms with E-state index in [-0.39, 0.29) is 25.0 Å². The number of hydrogen-bond acceptors (Lipinski definition) is 3. The van der Waals surface area contributed by atoms with Crippen LogP contribution in [0.4, 0.5) is 0 Å². The fourth-order valence-electron chi connectivity index (χ4n) is 3.03. The van der Waals surface area contributed by atoms with Gasteiger partial charge in [0.15, 0.2) is 0 Å². The van der Waals surface area contributed by atoms with Crippen molar-refractivity contribution in [2.45, 2.75) is 38.2 Å². The highest BCUT2D eigenvalue weighted by Gasteiger charge is 2.43. The molecule has 0 aromatic rings. The number of aliphatic hydroxyl groups excluding tert-OH is 1. The van der Waals surface area contributed by atoms with Crippen molar-refractivity contribution < 1.29 is 15.0 Å². The lowest BCUT2D eigenvalue weighted by Crippen LogP contribution is -2.45. The summed E-state index contributed by atoms with van der Waals surface area (Å²) in [5, 5.41) is 21.2. The molecule has 4 nitrogen and oxygen atoms in total. The Bertz CT molecular complexity index is 277. The topological polar surface area (TPSA) is 69.6 Å². The molecule has 2 bridgehead atoms. The molecule has 2 aliphatic rings. The summed E-state index contributed by atoms with van der Waals surface area (Å²) in [7, 11) is 0. The largest absolute Gasteiger partial charge is 0.393 e. The van der Waals surface area contributed by atoms with Gasteiger partial charge in [0.2, 0.25) is 5.91 Å². The van der Waals surface area contributed by atoms with Gasteiger partial charge in [-0.25, -0.2) is 0 Å². The molecule has 0 spiro atoms. The zero-order valence-corrected chi connectivity index (χ0v) is 9.78. The van der Waals surface area contributed by atoms with E-state index in [1.165, 1.54) is 26.2 Å². The zero-order chi connectivity index (χ0) is 11.8. The Morgan fingerprint density at radius 2 is 2.19 bits per heavy atom. The number of hydrogen-bond donors (Lipinski definition) is 3. The molecule has 2 fully saturated rings. The van der Waals surface area contributed by atoms with Crippen LogP contribution in [0.25, 0.3) is 0 Å². The Balaban J connectivity index is 1.81. The van der Waals surface area contributed by atoms with Crippen LogP contribution in [-0.2, 0) is 4.79 Å². The summed E-state index contributed by atoms with van der Waals surface area (Å²) in [4.78, 5) is 11.9. The standard InChI is InChI=1S/C12H21NO3/c1-12(16,7-14)6-13-11(15)10-5-8-2-3-9(10)4-8/h8-10,14,16H,2-7H2,1H3,(H,13,15). The molecule has 2 saturated carbocycles. The molecule has 2 aliphatic carbocycles. The quantitative estimate of drug-likeness (QED) is 0.646. The van der Waals surface area contributed by atoms with Gasteiger partial charge in [0.05, 0.1) is 6.61 Å². The second kappa shape index (κ2) is 4.34. The smallest absolute Gasteiger partial charge is 0.223 e. The molecule has 0 aromatic carbocycles. The minimum absolute atomic E-state index is 0.0564. The molecule has 4 unspecified atom stereocenters. The third-order valence-electron chi connectivity index (χ3n) is 4.06. The molecule has 1 amide bonds. The van der Waals surface area contributed by atoms with Gasteiger partial charge in [-0.2, -0.15) is 0 Å². The van der Waals surface area contributed by atoms with Crippen LogP contribution in [0.2, 0.25) is 0 Å². The van der Waals surface area contributed by atoms with Crippen molar-refractivity contribution in [3.63, 3.8) is 0 Å². The van der Waals surface area contributed by atoms with E-state index in [4.69, 9.17) is 5.11 Å². The highest BCUT2D eigenvalue weighted by Crippen LogP contribution is 2.48. The van der Waals surface area contributed by atoms with Crippen molar-refractivity contribution in [2.24, 2.45) is 17.8 Å².